The Hall–Kier alpha value is -2.65. The first-order valence-corrected chi connectivity index (χ1v) is 10.3. The fourth-order valence-corrected chi connectivity index (χ4v) is 4.11. The summed E-state index contributed by atoms with van der Waals surface area (Å²) in [5.74, 6) is -1.21. The van der Waals surface area contributed by atoms with E-state index in [0.29, 0.717) is 20.2 Å². The molecule has 0 radical (unpaired) electrons. The van der Waals surface area contributed by atoms with E-state index in [0.717, 1.165) is 16.9 Å². The smallest absolute Gasteiger partial charge is 0.329 e. The van der Waals surface area contributed by atoms with Gasteiger partial charge in [0.2, 0.25) is 5.91 Å². The molecule has 0 aromatic heterocycles. The third kappa shape index (κ3) is 4.68. The number of amides is 4. The van der Waals surface area contributed by atoms with Gasteiger partial charge in [-0.2, -0.15) is 0 Å². The molecule has 1 fully saturated rings. The SMILES string of the molecule is CCc1ccccc1NC(=O)CN1C(=O)N/C(=C/c2cc(Br)cc(Br)c2O)C1=O. The van der Waals surface area contributed by atoms with Gasteiger partial charge >= 0.3 is 6.03 Å². The normalized spacial score (nSPS) is 15.0. The van der Waals surface area contributed by atoms with E-state index < -0.39 is 24.4 Å². The lowest BCUT2D eigenvalue weighted by Crippen LogP contribution is -2.38. The third-order valence-corrected chi connectivity index (χ3v) is 5.36. The van der Waals surface area contributed by atoms with E-state index in [-0.39, 0.29) is 11.4 Å². The Morgan fingerprint density at radius 1 is 1.24 bits per heavy atom. The van der Waals surface area contributed by atoms with Gasteiger partial charge in [0.25, 0.3) is 5.91 Å². The van der Waals surface area contributed by atoms with Crippen molar-refractivity contribution in [2.24, 2.45) is 0 Å². The molecule has 2 aromatic carbocycles. The maximum Gasteiger partial charge on any atom is 0.329 e. The van der Waals surface area contributed by atoms with Crippen LogP contribution in [0.15, 0.2) is 51.0 Å². The highest BCUT2D eigenvalue weighted by atomic mass is 79.9. The van der Waals surface area contributed by atoms with E-state index in [9.17, 15) is 19.5 Å². The molecule has 1 heterocycles. The lowest BCUT2D eigenvalue weighted by molar-refractivity contribution is -0.127. The number of carbonyl (C=O) groups is 3. The Morgan fingerprint density at radius 2 is 1.97 bits per heavy atom. The number of nitrogens with zero attached hydrogens (tertiary/aromatic N) is 1. The molecule has 0 spiro atoms. The van der Waals surface area contributed by atoms with Crippen molar-refractivity contribution in [3.8, 4) is 5.75 Å². The number of benzene rings is 2. The second-order valence-electron chi connectivity index (χ2n) is 6.26. The monoisotopic (exact) mass is 521 g/mol. The molecule has 0 saturated carbocycles. The molecule has 150 valence electrons. The molecule has 2 aromatic rings. The average Bonchev–Trinajstić information content (AvgIpc) is 2.93. The van der Waals surface area contributed by atoms with Crippen LogP contribution in [-0.2, 0) is 16.0 Å². The topological polar surface area (TPSA) is 98.7 Å². The number of hydrogen-bond donors (Lipinski definition) is 3. The predicted octanol–water partition coefficient (Wildman–Crippen LogP) is 4.01. The molecule has 1 aliphatic heterocycles. The van der Waals surface area contributed by atoms with Crippen molar-refractivity contribution in [2.45, 2.75) is 13.3 Å². The van der Waals surface area contributed by atoms with Gasteiger partial charge in [0.05, 0.1) is 4.47 Å². The van der Waals surface area contributed by atoms with Crippen LogP contribution < -0.4 is 10.6 Å². The minimum Gasteiger partial charge on any atom is -0.506 e. The maximum absolute atomic E-state index is 12.6. The average molecular weight is 523 g/mol. The summed E-state index contributed by atoms with van der Waals surface area (Å²) >= 11 is 6.52. The van der Waals surface area contributed by atoms with Crippen molar-refractivity contribution in [3.63, 3.8) is 0 Å². The highest BCUT2D eigenvalue weighted by Crippen LogP contribution is 2.33. The summed E-state index contributed by atoms with van der Waals surface area (Å²) in [6.45, 7) is 1.55. The van der Waals surface area contributed by atoms with E-state index in [1.54, 1.807) is 24.3 Å². The zero-order chi connectivity index (χ0) is 21.1. The van der Waals surface area contributed by atoms with Crippen LogP contribution in [0, 0.1) is 0 Å². The quantitative estimate of drug-likeness (QED) is 0.408. The first kappa shape index (κ1) is 21.1. The fraction of sp³-hybridized carbons (Fsp3) is 0.150. The summed E-state index contributed by atoms with van der Waals surface area (Å²) in [6.07, 6.45) is 2.09. The number of nitrogens with one attached hydrogen (secondary N) is 2. The molecule has 0 unspecified atom stereocenters. The molecule has 0 aliphatic carbocycles. The Bertz CT molecular complexity index is 1040. The van der Waals surface area contributed by atoms with E-state index in [4.69, 9.17) is 0 Å². The van der Waals surface area contributed by atoms with Crippen LogP contribution in [-0.4, -0.2) is 34.4 Å². The Balaban J connectivity index is 1.76. The number of imide groups is 1. The largest absolute Gasteiger partial charge is 0.506 e. The summed E-state index contributed by atoms with van der Waals surface area (Å²) in [6, 6.07) is 9.88. The van der Waals surface area contributed by atoms with Gasteiger partial charge in [-0.15, -0.1) is 0 Å². The number of carbonyl (C=O) groups excluding carboxylic acids is 3. The van der Waals surface area contributed by atoms with Crippen LogP contribution in [0.3, 0.4) is 0 Å². The van der Waals surface area contributed by atoms with E-state index in [1.807, 2.05) is 19.1 Å². The number of phenolic OH excluding ortho intramolecular Hbond substituents is 1. The molecule has 4 amide bonds. The molecular formula is C20H17Br2N3O4. The number of aromatic hydroxyl groups is 1. The van der Waals surface area contributed by atoms with Crippen LogP contribution in [0.2, 0.25) is 0 Å². The number of hydrogen-bond acceptors (Lipinski definition) is 4. The summed E-state index contributed by atoms with van der Waals surface area (Å²) in [4.78, 5) is 38.0. The van der Waals surface area contributed by atoms with Crippen LogP contribution in [0.4, 0.5) is 10.5 Å². The number of rotatable bonds is 5. The lowest BCUT2D eigenvalue weighted by atomic mass is 10.1. The van der Waals surface area contributed by atoms with Crippen molar-refractivity contribution in [3.05, 3.63) is 62.2 Å². The van der Waals surface area contributed by atoms with Crippen LogP contribution in [0.5, 0.6) is 5.75 Å². The molecule has 3 rings (SSSR count). The second kappa shape index (κ2) is 8.79. The number of urea groups is 1. The maximum atomic E-state index is 12.6. The Kier molecular flexibility index (Phi) is 6.39. The van der Waals surface area contributed by atoms with Gasteiger partial charge in [-0.3, -0.25) is 9.59 Å². The minimum atomic E-state index is -0.700. The van der Waals surface area contributed by atoms with Crippen molar-refractivity contribution >= 4 is 61.5 Å². The van der Waals surface area contributed by atoms with Crippen molar-refractivity contribution in [1.82, 2.24) is 10.2 Å². The van der Waals surface area contributed by atoms with Gasteiger partial charge in [0, 0.05) is 15.7 Å². The third-order valence-electron chi connectivity index (χ3n) is 4.29. The van der Waals surface area contributed by atoms with Crippen molar-refractivity contribution in [1.29, 1.82) is 0 Å². The van der Waals surface area contributed by atoms with Crippen LogP contribution >= 0.6 is 31.9 Å². The zero-order valence-corrected chi connectivity index (χ0v) is 18.5. The number of aryl methyl sites for hydroxylation is 1. The molecule has 1 aliphatic rings. The van der Waals surface area contributed by atoms with E-state index in [1.165, 1.54) is 6.08 Å². The molecule has 0 atom stereocenters. The van der Waals surface area contributed by atoms with Gasteiger partial charge < -0.3 is 15.7 Å². The van der Waals surface area contributed by atoms with Crippen LogP contribution in [0.1, 0.15) is 18.1 Å². The number of anilines is 1. The zero-order valence-electron chi connectivity index (χ0n) is 15.3. The molecule has 1 saturated heterocycles. The molecule has 3 N–H and O–H groups in total. The van der Waals surface area contributed by atoms with Gasteiger partial charge in [0.1, 0.15) is 18.0 Å². The minimum absolute atomic E-state index is 0.0305. The first-order chi connectivity index (χ1) is 13.8. The molecule has 7 nitrogen and oxygen atoms in total. The first-order valence-electron chi connectivity index (χ1n) is 8.70. The summed E-state index contributed by atoms with van der Waals surface area (Å²) in [5, 5.41) is 15.3. The summed E-state index contributed by atoms with van der Waals surface area (Å²) < 4.78 is 1.11. The summed E-state index contributed by atoms with van der Waals surface area (Å²) in [7, 11) is 0. The van der Waals surface area contributed by atoms with Gasteiger partial charge in [-0.1, -0.05) is 41.1 Å². The lowest BCUT2D eigenvalue weighted by Gasteiger charge is -2.13. The summed E-state index contributed by atoms with van der Waals surface area (Å²) in [5.41, 5.74) is 1.90. The predicted molar refractivity (Wildman–Crippen MR) is 116 cm³/mol. The number of phenols is 1. The highest BCUT2D eigenvalue weighted by Gasteiger charge is 2.35. The van der Waals surface area contributed by atoms with Gasteiger partial charge in [0.15, 0.2) is 0 Å². The van der Waals surface area contributed by atoms with Crippen molar-refractivity contribution < 1.29 is 19.5 Å². The van der Waals surface area contributed by atoms with Crippen molar-refractivity contribution in [2.75, 3.05) is 11.9 Å². The Labute approximate surface area is 184 Å². The fourth-order valence-electron chi connectivity index (χ4n) is 2.85. The Morgan fingerprint density at radius 3 is 2.69 bits per heavy atom. The van der Waals surface area contributed by atoms with Gasteiger partial charge in [-0.25, -0.2) is 9.69 Å². The highest BCUT2D eigenvalue weighted by molar-refractivity contribution is 9.11. The van der Waals surface area contributed by atoms with Crippen LogP contribution in [0.25, 0.3) is 6.08 Å². The number of halogens is 2. The van der Waals surface area contributed by atoms with Gasteiger partial charge in [-0.05, 0) is 52.2 Å². The second-order valence-corrected chi connectivity index (χ2v) is 8.03. The molecule has 0 bridgehead atoms. The van der Waals surface area contributed by atoms with E-state index >= 15 is 0 Å². The molecule has 9 heteroatoms. The number of para-hydroxylation sites is 1. The van der Waals surface area contributed by atoms with E-state index in [2.05, 4.69) is 42.5 Å². The molecule has 29 heavy (non-hydrogen) atoms. The standard InChI is InChI=1S/C20H17Br2N3O4/c1-2-11-5-3-4-6-15(11)23-17(26)10-25-19(28)16(24-20(25)29)8-12-7-13(21)9-14(22)18(12)27/h3-9,27H,2,10H2,1H3,(H,23,26)(H,24,29)/b16-8+. The molecular weight excluding hydrogens is 506 g/mol.